The molecule has 20 aromatic rings. The fraction of sp³-hybridized carbons (Fsp3) is 0.0721. The summed E-state index contributed by atoms with van der Waals surface area (Å²) in [6, 6.07) is 140. The van der Waals surface area contributed by atoms with E-state index in [1.54, 1.807) is 0 Å². The lowest BCUT2D eigenvalue weighted by Gasteiger charge is -2.33. The van der Waals surface area contributed by atoms with Gasteiger partial charge in [-0.2, -0.15) is 9.97 Å². The van der Waals surface area contributed by atoms with Gasteiger partial charge in [0.15, 0.2) is 29.1 Å². The number of hydrogen-bond donors (Lipinski definition) is 0. The molecule has 0 unspecified atom stereocenters. The monoisotopic (exact) mass is 1610 g/mol. The Morgan fingerprint density at radius 2 is 0.512 bits per heavy atom. The topological polar surface area (TPSA) is 122 Å². The van der Waals surface area contributed by atoms with Gasteiger partial charge >= 0.3 is 7.12 Å². The van der Waals surface area contributed by atoms with Gasteiger partial charge in [-0.3, -0.25) is 0 Å². The Morgan fingerprint density at radius 1 is 0.236 bits per heavy atom. The Balaban J connectivity index is 0.000000126. The molecule has 16 aromatic carbocycles. The summed E-state index contributed by atoms with van der Waals surface area (Å²) < 4.78 is 26.0. The standard InChI is InChI=1S/C52H33N3O.C37H31BO3.C21H14ClN3.CH3/c1-5-15-34(16-6-1)35-25-27-37(28-26-35)50-53-49(36-17-7-2-8-18-36)54-51(55-50)38-29-30-47-43(31-38)44-32-42-41-23-13-14-24-45(41)52(39-19-9-3-10-20-39,40-21-11-4-12-22-40)46(42)33-48(44)56-47;1-35(2)36(3,4)41-38(40-35)26-19-20-33-29(21-26)30-22-28-27-17-11-12-18-31(27)37(24-13-7-5-8-14-24,25-15-9-6-10-16-25)32(28)23-34(30)39-33;22-21-24-19(17-9-5-2-6-10-17)23-20(25-21)18-13-11-16(12-14-18)15-7-3-1-4-8-15;/h1-33H;5-23H,1-4H3;1-14H;1H3/q;;;-1. The van der Waals surface area contributed by atoms with Crippen LogP contribution in [0.25, 0.3) is 145 Å². The van der Waals surface area contributed by atoms with Crippen molar-refractivity contribution in [3.8, 4) is 101 Å². The first-order valence-corrected chi connectivity index (χ1v) is 41.6. The van der Waals surface area contributed by atoms with Crippen LogP contribution in [0.3, 0.4) is 0 Å². The maximum Gasteiger partial charge on any atom is 0.494 e. The highest BCUT2D eigenvalue weighted by Crippen LogP contribution is 2.60. The lowest BCUT2D eigenvalue weighted by atomic mass is 9.67. The molecule has 0 saturated carbocycles. The summed E-state index contributed by atoms with van der Waals surface area (Å²) in [5.74, 6) is 3.00. The molecule has 0 atom stereocenters. The van der Waals surface area contributed by atoms with Gasteiger partial charge in [-0.15, -0.1) is 0 Å². The molecule has 0 spiro atoms. The van der Waals surface area contributed by atoms with E-state index in [4.69, 9.17) is 44.7 Å². The quantitative estimate of drug-likeness (QED) is 0.0863. The minimum Gasteiger partial charge on any atom is -0.456 e. The third-order valence-electron chi connectivity index (χ3n) is 24.7. The predicted octanol–water partition coefficient (Wildman–Crippen LogP) is 27.0. The highest BCUT2D eigenvalue weighted by molar-refractivity contribution is 6.62. The third kappa shape index (κ3) is 13.6. The van der Waals surface area contributed by atoms with Gasteiger partial charge in [0.25, 0.3) is 0 Å². The van der Waals surface area contributed by atoms with Crippen molar-refractivity contribution in [2.75, 3.05) is 0 Å². The van der Waals surface area contributed by atoms with Crippen molar-refractivity contribution in [2.45, 2.75) is 49.7 Å². The number of rotatable bonds is 12. The van der Waals surface area contributed by atoms with Crippen molar-refractivity contribution in [1.29, 1.82) is 0 Å². The molecule has 12 heteroatoms. The SMILES string of the molecule is CC1(C)OB(c2ccc3oc4cc5c(cc4c3c2)-c2ccccc2C5(c2ccccc2)c2ccccc2)OC1(C)C.Clc1nc(-c2ccccc2)nc(-c2ccc(-c3ccccc3)cc2)n1.[CH3-].c1ccc(-c2ccc(-c3nc(-c4ccccc4)nc(-c4ccc5oc6cc7c(cc6c5c4)-c4ccccc4C7(c4ccccc4)c4ccccc4)n3)cc2)cc1. The number of nitrogens with zero attached hydrogens (tertiary/aromatic N) is 6. The fourth-order valence-corrected chi connectivity index (χ4v) is 18.3. The molecule has 1 fully saturated rings. The summed E-state index contributed by atoms with van der Waals surface area (Å²) in [5.41, 5.74) is 26.8. The van der Waals surface area contributed by atoms with E-state index in [9.17, 15) is 0 Å². The van der Waals surface area contributed by atoms with Gasteiger partial charge in [0, 0.05) is 49.4 Å². The summed E-state index contributed by atoms with van der Waals surface area (Å²) in [6.07, 6.45) is 0. The first-order valence-electron chi connectivity index (χ1n) is 41.2. The highest BCUT2D eigenvalue weighted by atomic mass is 35.5. The molecule has 123 heavy (non-hydrogen) atoms. The van der Waals surface area contributed by atoms with Crippen LogP contribution in [0.4, 0.5) is 0 Å². The van der Waals surface area contributed by atoms with E-state index in [0.29, 0.717) is 29.1 Å². The predicted molar refractivity (Wildman–Crippen MR) is 500 cm³/mol. The van der Waals surface area contributed by atoms with Crippen LogP contribution >= 0.6 is 11.6 Å². The average Bonchev–Trinajstić information content (AvgIpc) is 1.54. The van der Waals surface area contributed by atoms with E-state index in [2.05, 4.69) is 340 Å². The molecule has 0 radical (unpaired) electrons. The first kappa shape index (κ1) is 77.1. The minimum absolute atomic E-state index is 0. The zero-order valence-electron chi connectivity index (χ0n) is 68.4. The molecule has 1 aliphatic heterocycles. The normalized spacial score (nSPS) is 14.0. The second kappa shape index (κ2) is 31.5. The van der Waals surface area contributed by atoms with Crippen LogP contribution in [-0.4, -0.2) is 48.2 Å². The number of halogens is 1. The summed E-state index contributed by atoms with van der Waals surface area (Å²) in [5, 5.41) is 4.44. The number of hydrogen-bond acceptors (Lipinski definition) is 10. The van der Waals surface area contributed by atoms with Crippen LogP contribution in [0.1, 0.15) is 72.2 Å². The maximum absolute atomic E-state index is 6.71. The minimum atomic E-state index is -0.499. The Kier molecular flexibility index (Phi) is 19.8. The molecule has 590 valence electrons. The molecule has 0 bridgehead atoms. The second-order valence-electron chi connectivity index (χ2n) is 32.3. The van der Waals surface area contributed by atoms with Crippen LogP contribution in [0, 0.1) is 7.43 Å². The molecule has 5 heterocycles. The molecular weight excluding hydrogens is 1530 g/mol. The van der Waals surface area contributed by atoms with Gasteiger partial charge in [-0.1, -0.05) is 352 Å². The number of fused-ring (bicyclic) bond motifs is 12. The van der Waals surface area contributed by atoms with Crippen molar-refractivity contribution in [2.24, 2.45) is 0 Å². The fourth-order valence-electron chi connectivity index (χ4n) is 18.1. The molecule has 23 rings (SSSR count). The van der Waals surface area contributed by atoms with E-state index < -0.39 is 29.2 Å². The van der Waals surface area contributed by atoms with Gasteiger partial charge < -0.3 is 25.6 Å². The van der Waals surface area contributed by atoms with Crippen LogP contribution in [-0.2, 0) is 20.1 Å². The summed E-state index contributed by atoms with van der Waals surface area (Å²) >= 11 is 6.11. The highest BCUT2D eigenvalue weighted by Gasteiger charge is 2.53. The van der Waals surface area contributed by atoms with Gasteiger partial charge in [0.05, 0.1) is 22.0 Å². The first-order chi connectivity index (χ1) is 59.8. The number of aromatic nitrogens is 6. The lowest BCUT2D eigenvalue weighted by molar-refractivity contribution is 0.00578. The summed E-state index contributed by atoms with van der Waals surface area (Å²) in [7, 11) is -0.423. The number of furan rings is 2. The van der Waals surface area contributed by atoms with Gasteiger partial charge in [-0.05, 0) is 182 Å². The summed E-state index contributed by atoms with van der Waals surface area (Å²) in [4.78, 5) is 28.2. The van der Waals surface area contributed by atoms with Crippen LogP contribution < -0.4 is 5.46 Å². The molecule has 1 saturated heterocycles. The lowest BCUT2D eigenvalue weighted by Crippen LogP contribution is -2.41. The van der Waals surface area contributed by atoms with Gasteiger partial charge in [0.2, 0.25) is 5.28 Å². The van der Waals surface area contributed by atoms with E-state index in [0.717, 1.165) is 88.3 Å². The van der Waals surface area contributed by atoms with E-state index in [-0.39, 0.29) is 12.7 Å². The summed E-state index contributed by atoms with van der Waals surface area (Å²) in [6.45, 7) is 8.35. The zero-order chi connectivity index (χ0) is 82.1. The molecule has 0 N–H and O–H groups in total. The van der Waals surface area contributed by atoms with Crippen LogP contribution in [0.5, 0.6) is 0 Å². The van der Waals surface area contributed by atoms with Crippen molar-refractivity contribution in [1.82, 2.24) is 29.9 Å². The van der Waals surface area contributed by atoms with Crippen molar-refractivity contribution in [3.63, 3.8) is 0 Å². The Hall–Kier alpha value is -14.6. The van der Waals surface area contributed by atoms with E-state index in [1.807, 2.05) is 103 Å². The Bertz CT molecular complexity index is 7210. The van der Waals surface area contributed by atoms with Gasteiger partial charge in [-0.25, -0.2) is 19.9 Å². The van der Waals surface area contributed by atoms with Crippen LogP contribution in [0.2, 0.25) is 5.28 Å². The molecular formula is C111H81BClN6O4-. The number of benzene rings is 16. The van der Waals surface area contributed by atoms with Crippen molar-refractivity contribution in [3.05, 3.63) is 458 Å². The van der Waals surface area contributed by atoms with E-state index in [1.165, 1.54) is 77.9 Å². The van der Waals surface area contributed by atoms with E-state index >= 15 is 0 Å². The zero-order valence-corrected chi connectivity index (χ0v) is 69.1. The maximum atomic E-state index is 6.71. The molecule has 4 aromatic heterocycles. The smallest absolute Gasteiger partial charge is 0.456 e. The Morgan fingerprint density at radius 3 is 0.894 bits per heavy atom. The van der Waals surface area contributed by atoms with Crippen molar-refractivity contribution >= 4 is 68.1 Å². The van der Waals surface area contributed by atoms with Crippen LogP contribution in [0.15, 0.2) is 409 Å². The van der Waals surface area contributed by atoms with Gasteiger partial charge in [0.1, 0.15) is 22.3 Å². The Labute approximate surface area is 720 Å². The third-order valence-corrected chi connectivity index (χ3v) is 24.9. The average molecular weight is 1610 g/mol. The molecule has 3 aliphatic rings. The largest absolute Gasteiger partial charge is 0.494 e. The molecule has 10 nitrogen and oxygen atoms in total. The van der Waals surface area contributed by atoms with Crippen molar-refractivity contribution < 1.29 is 18.1 Å². The molecule has 2 aliphatic carbocycles. The second-order valence-corrected chi connectivity index (χ2v) is 32.6. The molecule has 0 amide bonds.